The molecule has 1 heterocycles. The largest absolute Gasteiger partial charge is 0.250 e. The topological polar surface area (TPSA) is 46.0 Å². The van der Waals surface area contributed by atoms with Gasteiger partial charge in [0.2, 0.25) is 4.77 Å². The number of H-pyrrole nitrogens is 1. The molecule has 3 aromatic rings. The van der Waals surface area contributed by atoms with Crippen LogP contribution in [0, 0.1) is 4.77 Å². The zero-order valence-corrected chi connectivity index (χ0v) is 17.0. The van der Waals surface area contributed by atoms with E-state index in [1.165, 1.54) is 5.56 Å². The Balaban J connectivity index is 1.98. The molecule has 0 bridgehead atoms. The lowest BCUT2D eigenvalue weighted by atomic mass is 9.87. The Morgan fingerprint density at radius 3 is 2.46 bits per heavy atom. The van der Waals surface area contributed by atoms with Crippen LogP contribution in [0.25, 0.3) is 11.4 Å². The average Bonchev–Trinajstić information content (AvgIpc) is 2.96. The molecule has 1 N–H and O–H groups in total. The third-order valence-electron chi connectivity index (χ3n) is 3.95. The molecule has 0 saturated carbocycles. The van der Waals surface area contributed by atoms with E-state index in [1.54, 1.807) is 17.0 Å². The van der Waals surface area contributed by atoms with Gasteiger partial charge in [0.1, 0.15) is 0 Å². The standard InChI is InChI=1S/C19H18Cl2N4S/c1-19(2,3)14-9-7-12(8-10-14)17-23-24-18(26)25(17)22-11-13-5-4-6-15(20)16(13)21/h4-11H,1-3H3,(H,24,26). The van der Waals surface area contributed by atoms with Gasteiger partial charge in [-0.05, 0) is 29.3 Å². The Labute approximate surface area is 167 Å². The third-order valence-corrected chi connectivity index (χ3v) is 5.05. The maximum atomic E-state index is 6.21. The third kappa shape index (κ3) is 3.90. The minimum atomic E-state index is 0.0880. The van der Waals surface area contributed by atoms with Gasteiger partial charge in [-0.1, -0.05) is 80.4 Å². The summed E-state index contributed by atoms with van der Waals surface area (Å²) in [7, 11) is 0. The highest BCUT2D eigenvalue weighted by Gasteiger charge is 2.14. The number of hydrogen-bond donors (Lipinski definition) is 1. The van der Waals surface area contributed by atoms with E-state index in [0.29, 0.717) is 26.2 Å². The molecule has 0 atom stereocenters. The first-order valence-corrected chi connectivity index (χ1v) is 9.20. The molecule has 7 heteroatoms. The first kappa shape index (κ1) is 18.8. The van der Waals surface area contributed by atoms with E-state index < -0.39 is 0 Å². The van der Waals surface area contributed by atoms with Gasteiger partial charge in [0, 0.05) is 11.1 Å². The first-order chi connectivity index (χ1) is 12.3. The number of aromatic nitrogens is 3. The predicted molar refractivity (Wildman–Crippen MR) is 111 cm³/mol. The van der Waals surface area contributed by atoms with Crippen molar-refractivity contribution >= 4 is 41.6 Å². The summed E-state index contributed by atoms with van der Waals surface area (Å²) in [5.41, 5.74) is 2.96. The Morgan fingerprint density at radius 2 is 1.81 bits per heavy atom. The van der Waals surface area contributed by atoms with Crippen molar-refractivity contribution in [1.82, 2.24) is 14.9 Å². The molecule has 26 heavy (non-hydrogen) atoms. The summed E-state index contributed by atoms with van der Waals surface area (Å²) in [6.07, 6.45) is 1.62. The lowest BCUT2D eigenvalue weighted by Gasteiger charge is -2.18. The van der Waals surface area contributed by atoms with Crippen LogP contribution in [-0.4, -0.2) is 21.1 Å². The van der Waals surface area contributed by atoms with E-state index >= 15 is 0 Å². The van der Waals surface area contributed by atoms with E-state index in [4.69, 9.17) is 35.4 Å². The maximum absolute atomic E-state index is 6.21. The smallest absolute Gasteiger partial charge is 0.216 e. The van der Waals surface area contributed by atoms with E-state index in [0.717, 1.165) is 5.56 Å². The summed E-state index contributed by atoms with van der Waals surface area (Å²) in [4.78, 5) is 0. The molecule has 0 amide bonds. The van der Waals surface area contributed by atoms with E-state index in [-0.39, 0.29) is 5.41 Å². The SMILES string of the molecule is CC(C)(C)c1ccc(-c2n[nH]c(=S)n2N=Cc2cccc(Cl)c2Cl)cc1. The van der Waals surface area contributed by atoms with Gasteiger partial charge >= 0.3 is 0 Å². The molecule has 3 rings (SSSR count). The number of rotatable bonds is 3. The number of aromatic amines is 1. The van der Waals surface area contributed by atoms with Crippen LogP contribution in [0.3, 0.4) is 0 Å². The van der Waals surface area contributed by atoms with Crippen LogP contribution < -0.4 is 0 Å². The summed E-state index contributed by atoms with van der Waals surface area (Å²) in [5, 5.41) is 12.4. The fourth-order valence-corrected chi connectivity index (χ4v) is 2.98. The van der Waals surface area contributed by atoms with E-state index in [2.05, 4.69) is 48.2 Å². The van der Waals surface area contributed by atoms with Gasteiger partial charge in [-0.25, -0.2) is 5.10 Å². The predicted octanol–water partition coefficient (Wildman–Crippen LogP) is 6.09. The highest BCUT2D eigenvalue weighted by atomic mass is 35.5. The molecule has 134 valence electrons. The molecule has 0 unspecified atom stereocenters. The highest BCUT2D eigenvalue weighted by Crippen LogP contribution is 2.26. The summed E-state index contributed by atoms with van der Waals surface area (Å²) >= 11 is 17.6. The van der Waals surface area contributed by atoms with Crippen LogP contribution in [0.5, 0.6) is 0 Å². The number of hydrogen-bond acceptors (Lipinski definition) is 3. The molecule has 0 radical (unpaired) electrons. The lowest BCUT2D eigenvalue weighted by molar-refractivity contribution is 0.590. The van der Waals surface area contributed by atoms with Crippen LogP contribution in [0.2, 0.25) is 10.0 Å². The molecule has 0 spiro atoms. The van der Waals surface area contributed by atoms with Crippen LogP contribution in [-0.2, 0) is 5.41 Å². The Bertz CT molecular complexity index is 1010. The molecule has 4 nitrogen and oxygen atoms in total. The quantitative estimate of drug-likeness (QED) is 0.423. The van der Waals surface area contributed by atoms with Gasteiger partial charge < -0.3 is 0 Å². The lowest BCUT2D eigenvalue weighted by Crippen LogP contribution is -2.10. The Kier molecular flexibility index (Phi) is 5.32. The van der Waals surface area contributed by atoms with E-state index in [1.807, 2.05) is 24.3 Å². The van der Waals surface area contributed by atoms with Crippen molar-refractivity contribution in [3.63, 3.8) is 0 Å². The fraction of sp³-hybridized carbons (Fsp3) is 0.211. The van der Waals surface area contributed by atoms with Gasteiger partial charge in [-0.2, -0.15) is 14.9 Å². The maximum Gasteiger partial charge on any atom is 0.216 e. The van der Waals surface area contributed by atoms with Crippen molar-refractivity contribution in [2.45, 2.75) is 26.2 Å². The minimum Gasteiger partial charge on any atom is -0.250 e. The van der Waals surface area contributed by atoms with Gasteiger partial charge in [-0.3, -0.25) is 0 Å². The summed E-state index contributed by atoms with van der Waals surface area (Å²) in [5.74, 6) is 0.629. The van der Waals surface area contributed by atoms with Crippen molar-refractivity contribution in [3.05, 3.63) is 68.4 Å². The van der Waals surface area contributed by atoms with Crippen LogP contribution >= 0.6 is 35.4 Å². The van der Waals surface area contributed by atoms with Gasteiger partial charge in [0.05, 0.1) is 16.3 Å². The number of nitrogens with zero attached hydrogens (tertiary/aromatic N) is 3. The number of halogens is 2. The summed E-state index contributed by atoms with van der Waals surface area (Å²) < 4.78 is 1.97. The average molecular weight is 405 g/mol. The van der Waals surface area contributed by atoms with Gasteiger partial charge in [0.25, 0.3) is 0 Å². The monoisotopic (exact) mass is 404 g/mol. The Morgan fingerprint density at radius 1 is 1.12 bits per heavy atom. The van der Waals surface area contributed by atoms with Crippen LogP contribution in [0.4, 0.5) is 0 Å². The molecule has 0 aliphatic carbocycles. The van der Waals surface area contributed by atoms with Crippen LogP contribution in [0.15, 0.2) is 47.6 Å². The minimum absolute atomic E-state index is 0.0880. The van der Waals surface area contributed by atoms with Crippen molar-refractivity contribution in [2.24, 2.45) is 5.10 Å². The molecule has 2 aromatic carbocycles. The first-order valence-electron chi connectivity index (χ1n) is 8.04. The number of benzene rings is 2. The van der Waals surface area contributed by atoms with Crippen molar-refractivity contribution < 1.29 is 0 Å². The zero-order chi connectivity index (χ0) is 18.9. The molecule has 0 saturated heterocycles. The van der Waals surface area contributed by atoms with Gasteiger partial charge in [-0.15, -0.1) is 0 Å². The molecule has 0 aliphatic rings. The van der Waals surface area contributed by atoms with E-state index in [9.17, 15) is 0 Å². The Hall–Kier alpha value is -1.95. The summed E-state index contributed by atoms with van der Waals surface area (Å²) in [6, 6.07) is 13.6. The molecular weight excluding hydrogens is 387 g/mol. The fourth-order valence-electron chi connectivity index (χ4n) is 2.45. The normalized spacial score (nSPS) is 12.0. The molecule has 0 aliphatic heterocycles. The highest BCUT2D eigenvalue weighted by molar-refractivity contribution is 7.71. The second-order valence-corrected chi connectivity index (χ2v) is 8.05. The van der Waals surface area contributed by atoms with Gasteiger partial charge in [0.15, 0.2) is 5.82 Å². The second-order valence-electron chi connectivity index (χ2n) is 6.88. The van der Waals surface area contributed by atoms with Crippen molar-refractivity contribution in [1.29, 1.82) is 0 Å². The molecule has 1 aromatic heterocycles. The molecular formula is C19H18Cl2N4S. The number of nitrogens with one attached hydrogen (secondary N) is 1. The van der Waals surface area contributed by atoms with Crippen LogP contribution in [0.1, 0.15) is 31.9 Å². The second kappa shape index (κ2) is 7.35. The molecule has 0 fully saturated rings. The summed E-state index contributed by atoms with van der Waals surface area (Å²) in [6.45, 7) is 6.53. The zero-order valence-electron chi connectivity index (χ0n) is 14.6. The van der Waals surface area contributed by atoms with Crippen molar-refractivity contribution in [2.75, 3.05) is 0 Å². The van der Waals surface area contributed by atoms with Crippen molar-refractivity contribution in [3.8, 4) is 11.4 Å².